The first kappa shape index (κ1) is 18.2. The summed E-state index contributed by atoms with van der Waals surface area (Å²) in [4.78, 5) is 4.41. The summed E-state index contributed by atoms with van der Waals surface area (Å²) in [6.07, 6.45) is 0. The molecule has 0 fully saturated rings. The number of aryl methyl sites for hydroxylation is 2. The van der Waals surface area contributed by atoms with Gasteiger partial charge in [0.05, 0.1) is 12.9 Å². The second-order valence-electron chi connectivity index (χ2n) is 6.20. The molecule has 0 unspecified atom stereocenters. The number of ether oxygens (including phenoxy) is 1. The van der Waals surface area contributed by atoms with E-state index in [4.69, 9.17) is 13.7 Å². The van der Waals surface area contributed by atoms with Crippen LogP contribution in [0.4, 0.5) is 0 Å². The zero-order valence-electron chi connectivity index (χ0n) is 15.7. The molecule has 0 bridgehead atoms. The molecule has 4 rings (SSSR count). The van der Waals surface area contributed by atoms with E-state index in [1.807, 2.05) is 42.5 Å². The quantitative estimate of drug-likeness (QED) is 0.435. The normalized spacial score (nSPS) is 11.0. The molecule has 2 heterocycles. The van der Waals surface area contributed by atoms with Gasteiger partial charge in [-0.25, -0.2) is 0 Å². The highest BCUT2D eigenvalue weighted by molar-refractivity contribution is 7.98. The molecule has 0 aliphatic rings. The van der Waals surface area contributed by atoms with Crippen LogP contribution >= 0.6 is 11.8 Å². The molecule has 4 aromatic rings. The summed E-state index contributed by atoms with van der Waals surface area (Å²) in [7, 11) is 1.62. The van der Waals surface area contributed by atoms with E-state index in [1.54, 1.807) is 7.11 Å². The number of thioether (sulfide) groups is 1. The summed E-state index contributed by atoms with van der Waals surface area (Å²) in [6.45, 7) is 4.12. The molecule has 0 saturated heterocycles. The Morgan fingerprint density at radius 1 is 1.00 bits per heavy atom. The smallest absolute Gasteiger partial charge is 0.277 e. The lowest BCUT2D eigenvalue weighted by atomic mass is 10.1. The van der Waals surface area contributed by atoms with Gasteiger partial charge in [0.1, 0.15) is 5.75 Å². The number of nitrogens with zero attached hydrogens (tertiary/aromatic N) is 4. The maximum absolute atomic E-state index is 5.74. The summed E-state index contributed by atoms with van der Waals surface area (Å²) in [5, 5.41) is 12.7. The Bertz CT molecular complexity index is 1110. The van der Waals surface area contributed by atoms with E-state index in [9.17, 15) is 0 Å². The molecule has 142 valence electrons. The topological polar surface area (TPSA) is 87.1 Å². The van der Waals surface area contributed by atoms with Crippen molar-refractivity contribution >= 4 is 11.8 Å². The molecule has 8 heteroatoms. The van der Waals surface area contributed by atoms with Gasteiger partial charge in [0, 0.05) is 11.1 Å². The third kappa shape index (κ3) is 3.91. The molecule has 0 radical (unpaired) electrons. The summed E-state index contributed by atoms with van der Waals surface area (Å²) >= 11 is 1.35. The molecule has 28 heavy (non-hydrogen) atoms. The van der Waals surface area contributed by atoms with E-state index in [1.165, 1.54) is 22.9 Å². The van der Waals surface area contributed by atoms with Gasteiger partial charge < -0.3 is 13.7 Å². The van der Waals surface area contributed by atoms with Crippen molar-refractivity contribution in [3.63, 3.8) is 0 Å². The van der Waals surface area contributed by atoms with Gasteiger partial charge in [-0.05, 0) is 49.2 Å². The lowest BCUT2D eigenvalue weighted by Gasteiger charge is -2.00. The molecule has 0 amide bonds. The lowest BCUT2D eigenvalue weighted by Crippen LogP contribution is -1.86. The van der Waals surface area contributed by atoms with Crippen molar-refractivity contribution in [3.8, 4) is 28.6 Å². The van der Waals surface area contributed by atoms with Crippen molar-refractivity contribution < 1.29 is 13.7 Å². The summed E-state index contributed by atoms with van der Waals surface area (Å²) < 4.78 is 16.3. The van der Waals surface area contributed by atoms with Crippen LogP contribution in [0.3, 0.4) is 0 Å². The van der Waals surface area contributed by atoms with Crippen LogP contribution in [0.2, 0.25) is 0 Å². The summed E-state index contributed by atoms with van der Waals surface area (Å²) in [5.41, 5.74) is 4.14. The van der Waals surface area contributed by atoms with E-state index in [0.29, 0.717) is 28.6 Å². The van der Waals surface area contributed by atoms with E-state index < -0.39 is 0 Å². The van der Waals surface area contributed by atoms with Crippen molar-refractivity contribution in [1.82, 2.24) is 20.3 Å². The summed E-state index contributed by atoms with van der Waals surface area (Å²) in [6, 6.07) is 13.6. The van der Waals surface area contributed by atoms with Crippen molar-refractivity contribution in [2.45, 2.75) is 24.8 Å². The van der Waals surface area contributed by atoms with Crippen molar-refractivity contribution in [2.24, 2.45) is 0 Å². The van der Waals surface area contributed by atoms with Gasteiger partial charge in [0.15, 0.2) is 0 Å². The minimum absolute atomic E-state index is 0.436. The van der Waals surface area contributed by atoms with Crippen LogP contribution in [0, 0.1) is 13.8 Å². The maximum Gasteiger partial charge on any atom is 0.277 e. The summed E-state index contributed by atoms with van der Waals surface area (Å²) in [5.74, 6) is 2.66. The first-order chi connectivity index (χ1) is 13.6. The fourth-order valence-corrected chi connectivity index (χ4v) is 3.18. The SMILES string of the molecule is COc1cccc(-c2noc(CSc3nnc(-c4ccc(C)c(C)c4)o3)n2)c1. The zero-order chi connectivity index (χ0) is 19.5. The van der Waals surface area contributed by atoms with E-state index in [-0.39, 0.29) is 0 Å². The van der Waals surface area contributed by atoms with Gasteiger partial charge in [-0.3, -0.25) is 0 Å². The number of aromatic nitrogens is 4. The highest BCUT2D eigenvalue weighted by Gasteiger charge is 2.14. The Morgan fingerprint density at radius 3 is 2.71 bits per heavy atom. The van der Waals surface area contributed by atoms with Crippen LogP contribution in [-0.4, -0.2) is 27.4 Å². The Balaban J connectivity index is 1.43. The highest BCUT2D eigenvalue weighted by Crippen LogP contribution is 2.27. The number of hydrogen-bond acceptors (Lipinski definition) is 8. The number of hydrogen-bond donors (Lipinski definition) is 0. The third-order valence-electron chi connectivity index (χ3n) is 4.28. The first-order valence-electron chi connectivity index (χ1n) is 8.63. The van der Waals surface area contributed by atoms with E-state index >= 15 is 0 Å². The molecular weight excluding hydrogens is 376 g/mol. The van der Waals surface area contributed by atoms with E-state index in [0.717, 1.165) is 16.9 Å². The monoisotopic (exact) mass is 394 g/mol. The Kier molecular flexibility index (Phi) is 5.12. The molecule has 0 N–H and O–H groups in total. The van der Waals surface area contributed by atoms with Crippen molar-refractivity contribution in [2.75, 3.05) is 7.11 Å². The van der Waals surface area contributed by atoms with Crippen LogP contribution in [0.1, 0.15) is 17.0 Å². The number of methoxy groups -OCH3 is 1. The second kappa shape index (κ2) is 7.85. The fourth-order valence-electron chi connectivity index (χ4n) is 2.58. The van der Waals surface area contributed by atoms with Crippen LogP contribution in [0.5, 0.6) is 5.75 Å². The van der Waals surface area contributed by atoms with Crippen LogP contribution in [0.25, 0.3) is 22.8 Å². The standard InChI is InChI=1S/C20H18N4O3S/c1-12-7-8-15(9-13(12)2)19-22-23-20(26-19)28-11-17-21-18(24-27-17)14-5-4-6-16(10-14)25-3/h4-10H,11H2,1-3H3. The van der Waals surface area contributed by atoms with Gasteiger partial charge in [-0.15, -0.1) is 10.2 Å². The van der Waals surface area contributed by atoms with Crippen molar-refractivity contribution in [3.05, 3.63) is 59.5 Å². The number of rotatable bonds is 6. The third-order valence-corrected chi connectivity index (χ3v) is 5.08. The number of benzene rings is 2. The zero-order valence-corrected chi connectivity index (χ0v) is 16.5. The Labute approximate surface area is 166 Å². The van der Waals surface area contributed by atoms with Crippen LogP contribution in [-0.2, 0) is 5.75 Å². The molecule has 2 aromatic carbocycles. The van der Waals surface area contributed by atoms with Gasteiger partial charge in [-0.1, -0.05) is 35.1 Å². The van der Waals surface area contributed by atoms with Gasteiger partial charge >= 0.3 is 0 Å². The maximum atomic E-state index is 5.74. The largest absolute Gasteiger partial charge is 0.497 e. The molecular formula is C20H18N4O3S. The molecule has 2 aromatic heterocycles. The molecule has 0 atom stereocenters. The van der Waals surface area contributed by atoms with Crippen LogP contribution < -0.4 is 4.74 Å². The Morgan fingerprint density at radius 2 is 1.89 bits per heavy atom. The minimum atomic E-state index is 0.436. The highest BCUT2D eigenvalue weighted by atomic mass is 32.2. The molecule has 0 spiro atoms. The average molecular weight is 394 g/mol. The predicted molar refractivity (Wildman–Crippen MR) is 105 cm³/mol. The molecule has 0 aliphatic carbocycles. The minimum Gasteiger partial charge on any atom is -0.497 e. The van der Waals surface area contributed by atoms with Gasteiger partial charge in [0.2, 0.25) is 17.6 Å². The fraction of sp³-hybridized carbons (Fsp3) is 0.200. The lowest BCUT2D eigenvalue weighted by molar-refractivity contribution is 0.390. The van der Waals surface area contributed by atoms with E-state index in [2.05, 4.69) is 34.2 Å². The first-order valence-corrected chi connectivity index (χ1v) is 9.62. The average Bonchev–Trinajstić information content (AvgIpc) is 3.38. The predicted octanol–water partition coefficient (Wildman–Crippen LogP) is 4.70. The molecule has 7 nitrogen and oxygen atoms in total. The van der Waals surface area contributed by atoms with Gasteiger partial charge in [0.25, 0.3) is 5.22 Å². The second-order valence-corrected chi connectivity index (χ2v) is 7.13. The van der Waals surface area contributed by atoms with Gasteiger partial charge in [-0.2, -0.15) is 4.98 Å². The Hall–Kier alpha value is -3.13. The van der Waals surface area contributed by atoms with Crippen LogP contribution in [0.15, 0.2) is 56.6 Å². The molecule has 0 aliphatic heterocycles. The molecule has 0 saturated carbocycles. The van der Waals surface area contributed by atoms with Crippen molar-refractivity contribution in [1.29, 1.82) is 0 Å².